The number of ether oxygens (including phenoxy) is 1. The molecule has 0 heterocycles. The van der Waals surface area contributed by atoms with Crippen LogP contribution in [0.5, 0.6) is 5.75 Å². The highest BCUT2D eigenvalue weighted by atomic mass is 16.5. The van der Waals surface area contributed by atoms with E-state index in [0.29, 0.717) is 22.6 Å². The lowest BCUT2D eigenvalue weighted by Crippen LogP contribution is -2.40. The summed E-state index contributed by atoms with van der Waals surface area (Å²) in [6.45, 7) is 9.57. The van der Waals surface area contributed by atoms with E-state index in [1.807, 2.05) is 40.7 Å². The van der Waals surface area contributed by atoms with E-state index in [4.69, 9.17) is 4.74 Å². The third-order valence-corrected chi connectivity index (χ3v) is 3.37. The van der Waals surface area contributed by atoms with Crippen LogP contribution in [0.4, 0.5) is 5.69 Å². The van der Waals surface area contributed by atoms with E-state index in [9.17, 15) is 9.59 Å². The summed E-state index contributed by atoms with van der Waals surface area (Å²) < 4.78 is 5.70. The number of rotatable bonds is 5. The normalized spacial score (nSPS) is 11.2. The minimum atomic E-state index is -0.330. The molecule has 0 radical (unpaired) electrons. The lowest BCUT2D eigenvalue weighted by Gasteiger charge is -2.20. The Labute approximate surface area is 154 Å². The molecule has 2 aromatic carbocycles. The van der Waals surface area contributed by atoms with Gasteiger partial charge in [0.05, 0.1) is 11.7 Å². The number of hydrogen-bond donors (Lipinski definition) is 2. The van der Waals surface area contributed by atoms with Crippen molar-refractivity contribution in [2.24, 2.45) is 0 Å². The zero-order chi connectivity index (χ0) is 19.3. The lowest BCUT2D eigenvalue weighted by molar-refractivity contribution is 0.0918. The van der Waals surface area contributed by atoms with Gasteiger partial charge in [-0.1, -0.05) is 18.2 Å². The van der Waals surface area contributed by atoms with Crippen LogP contribution >= 0.6 is 0 Å². The molecule has 2 N–H and O–H groups in total. The number of nitrogens with one attached hydrogen (secondary N) is 2. The molecule has 0 aliphatic heterocycles. The van der Waals surface area contributed by atoms with Gasteiger partial charge in [0.1, 0.15) is 5.75 Å². The summed E-state index contributed by atoms with van der Waals surface area (Å²) in [6.07, 6.45) is -0.0339. The maximum atomic E-state index is 12.6. The number of anilines is 1. The van der Waals surface area contributed by atoms with Crippen LogP contribution in [-0.4, -0.2) is 23.5 Å². The third-order valence-electron chi connectivity index (χ3n) is 3.37. The fourth-order valence-corrected chi connectivity index (χ4v) is 2.36. The highest BCUT2D eigenvalue weighted by Gasteiger charge is 2.17. The van der Waals surface area contributed by atoms with Crippen molar-refractivity contribution in [3.05, 3.63) is 59.7 Å². The van der Waals surface area contributed by atoms with Crippen LogP contribution in [-0.2, 0) is 0 Å². The number of carbonyl (C=O) groups excluding carboxylic acids is 2. The van der Waals surface area contributed by atoms with E-state index in [2.05, 4.69) is 10.6 Å². The van der Waals surface area contributed by atoms with Crippen molar-refractivity contribution in [2.45, 2.75) is 46.3 Å². The zero-order valence-corrected chi connectivity index (χ0v) is 15.9. The first kappa shape index (κ1) is 19.5. The Hall–Kier alpha value is -2.82. The average Bonchev–Trinajstić information content (AvgIpc) is 2.53. The average molecular weight is 354 g/mol. The molecule has 5 nitrogen and oxygen atoms in total. The summed E-state index contributed by atoms with van der Waals surface area (Å²) in [5.74, 6) is 0.0633. The van der Waals surface area contributed by atoms with Crippen molar-refractivity contribution in [1.82, 2.24) is 5.32 Å². The van der Waals surface area contributed by atoms with Gasteiger partial charge in [-0.05, 0) is 65.0 Å². The summed E-state index contributed by atoms with van der Waals surface area (Å²) in [4.78, 5) is 24.9. The van der Waals surface area contributed by atoms with E-state index >= 15 is 0 Å². The molecule has 26 heavy (non-hydrogen) atoms. The second-order valence-electron chi connectivity index (χ2n) is 7.40. The molecule has 5 heteroatoms. The Morgan fingerprint density at radius 3 is 2.31 bits per heavy atom. The van der Waals surface area contributed by atoms with Crippen molar-refractivity contribution >= 4 is 17.5 Å². The number of benzene rings is 2. The van der Waals surface area contributed by atoms with Crippen LogP contribution < -0.4 is 15.4 Å². The predicted molar refractivity (Wildman–Crippen MR) is 104 cm³/mol. The number of amides is 2. The largest absolute Gasteiger partial charge is 0.490 e. The summed E-state index contributed by atoms with van der Waals surface area (Å²) in [5, 5.41) is 5.74. The van der Waals surface area contributed by atoms with E-state index in [0.717, 1.165) is 0 Å². The molecule has 0 aliphatic carbocycles. The summed E-state index contributed by atoms with van der Waals surface area (Å²) in [6, 6.07) is 13.9. The van der Waals surface area contributed by atoms with Crippen LogP contribution in [0, 0.1) is 0 Å². The van der Waals surface area contributed by atoms with Gasteiger partial charge in [-0.15, -0.1) is 0 Å². The van der Waals surface area contributed by atoms with Crippen molar-refractivity contribution < 1.29 is 14.3 Å². The van der Waals surface area contributed by atoms with Gasteiger partial charge in [0, 0.05) is 16.8 Å². The molecule has 0 unspecified atom stereocenters. The number of hydrogen-bond acceptors (Lipinski definition) is 3. The maximum Gasteiger partial charge on any atom is 0.259 e. The highest BCUT2D eigenvalue weighted by Crippen LogP contribution is 2.21. The number of carbonyl (C=O) groups is 2. The van der Waals surface area contributed by atoms with Gasteiger partial charge in [0.25, 0.3) is 11.8 Å². The first-order valence-electron chi connectivity index (χ1n) is 8.65. The van der Waals surface area contributed by atoms with Crippen LogP contribution in [0.3, 0.4) is 0 Å². The van der Waals surface area contributed by atoms with Crippen molar-refractivity contribution in [1.29, 1.82) is 0 Å². The molecule has 0 saturated carbocycles. The fraction of sp³-hybridized carbons (Fsp3) is 0.333. The summed E-state index contributed by atoms with van der Waals surface area (Å²) in [7, 11) is 0. The molecule has 2 amide bonds. The Bertz CT molecular complexity index is 792. The van der Waals surface area contributed by atoms with Gasteiger partial charge in [-0.3, -0.25) is 9.59 Å². The van der Waals surface area contributed by atoms with Gasteiger partial charge >= 0.3 is 0 Å². The molecule has 138 valence electrons. The minimum Gasteiger partial charge on any atom is -0.490 e. The molecular weight excluding hydrogens is 328 g/mol. The fourth-order valence-electron chi connectivity index (χ4n) is 2.36. The topological polar surface area (TPSA) is 67.4 Å². The molecule has 0 fully saturated rings. The molecule has 0 saturated heterocycles. The molecule has 0 bridgehead atoms. The van der Waals surface area contributed by atoms with E-state index < -0.39 is 0 Å². The predicted octanol–water partition coefficient (Wildman–Crippen LogP) is 4.25. The standard InChI is InChI=1S/C21H26N2O3/c1-14(2)26-18-12-7-6-11-17(18)20(25)22-16-10-8-9-15(13-16)19(24)23-21(3,4)5/h6-14H,1-5H3,(H,22,25)(H,23,24). The van der Waals surface area contributed by atoms with Crippen molar-refractivity contribution in [3.63, 3.8) is 0 Å². The first-order valence-corrected chi connectivity index (χ1v) is 8.65. The van der Waals surface area contributed by atoms with Gasteiger partial charge in [0.2, 0.25) is 0 Å². The molecule has 2 rings (SSSR count). The molecule has 2 aromatic rings. The smallest absolute Gasteiger partial charge is 0.259 e. The van der Waals surface area contributed by atoms with Crippen molar-refractivity contribution in [3.8, 4) is 5.75 Å². The van der Waals surface area contributed by atoms with Crippen molar-refractivity contribution in [2.75, 3.05) is 5.32 Å². The Morgan fingerprint density at radius 2 is 1.65 bits per heavy atom. The molecule has 0 spiro atoms. The second-order valence-corrected chi connectivity index (χ2v) is 7.40. The van der Waals surface area contributed by atoms with Crippen LogP contribution in [0.1, 0.15) is 55.3 Å². The summed E-state index contributed by atoms with van der Waals surface area (Å²) >= 11 is 0. The molecule has 0 aliphatic rings. The minimum absolute atomic E-state index is 0.0339. The van der Waals surface area contributed by atoms with E-state index in [1.165, 1.54) is 0 Å². The van der Waals surface area contributed by atoms with Gasteiger partial charge in [-0.25, -0.2) is 0 Å². The maximum absolute atomic E-state index is 12.6. The van der Waals surface area contributed by atoms with E-state index in [1.54, 1.807) is 42.5 Å². The highest BCUT2D eigenvalue weighted by molar-refractivity contribution is 6.06. The van der Waals surface area contributed by atoms with E-state index in [-0.39, 0.29) is 23.5 Å². The lowest BCUT2D eigenvalue weighted by atomic mass is 10.1. The van der Waals surface area contributed by atoms with Crippen LogP contribution in [0.15, 0.2) is 48.5 Å². The second kappa shape index (κ2) is 8.04. The van der Waals surface area contributed by atoms with Gasteiger partial charge in [-0.2, -0.15) is 0 Å². The SMILES string of the molecule is CC(C)Oc1ccccc1C(=O)Nc1cccc(C(=O)NC(C)(C)C)c1. The summed E-state index contributed by atoms with van der Waals surface area (Å²) in [5.41, 5.74) is 1.16. The Balaban J connectivity index is 2.18. The quantitative estimate of drug-likeness (QED) is 0.843. The first-order chi connectivity index (χ1) is 12.2. The van der Waals surface area contributed by atoms with Gasteiger partial charge in [0.15, 0.2) is 0 Å². The van der Waals surface area contributed by atoms with Crippen LogP contribution in [0.25, 0.3) is 0 Å². The third kappa shape index (κ3) is 5.62. The number of para-hydroxylation sites is 1. The molecular formula is C21H26N2O3. The molecule has 0 aromatic heterocycles. The molecule has 0 atom stereocenters. The Kier molecular flexibility index (Phi) is 6.03. The van der Waals surface area contributed by atoms with Gasteiger partial charge < -0.3 is 15.4 Å². The Morgan fingerprint density at radius 1 is 0.962 bits per heavy atom. The van der Waals surface area contributed by atoms with Crippen LogP contribution in [0.2, 0.25) is 0 Å². The zero-order valence-electron chi connectivity index (χ0n) is 15.9. The monoisotopic (exact) mass is 354 g/mol.